The molecule has 0 heterocycles. The highest BCUT2D eigenvalue weighted by molar-refractivity contribution is 6.30. The standard InChI is InChI=1S/C16H17ClFN/c1-19-16(12-5-3-2-4-6-12)10-7-13-11-14(17)8-9-15(13)18/h2-6,8-9,11,16,19H,7,10H2,1H3. The third-order valence-corrected chi connectivity index (χ3v) is 3.50. The molecule has 0 amide bonds. The number of aryl methyl sites for hydroxylation is 1. The maximum Gasteiger partial charge on any atom is 0.126 e. The molecule has 19 heavy (non-hydrogen) atoms. The molecule has 0 spiro atoms. The number of nitrogens with one attached hydrogen (secondary N) is 1. The van der Waals surface area contributed by atoms with Gasteiger partial charge in [0, 0.05) is 11.1 Å². The number of benzene rings is 2. The van der Waals surface area contributed by atoms with E-state index in [0.717, 1.165) is 6.42 Å². The van der Waals surface area contributed by atoms with E-state index >= 15 is 0 Å². The Morgan fingerprint density at radius 2 is 1.89 bits per heavy atom. The molecule has 2 aromatic rings. The van der Waals surface area contributed by atoms with Gasteiger partial charge in [-0.3, -0.25) is 0 Å². The average molecular weight is 278 g/mol. The van der Waals surface area contributed by atoms with Gasteiger partial charge in [-0.25, -0.2) is 4.39 Å². The summed E-state index contributed by atoms with van der Waals surface area (Å²) < 4.78 is 13.6. The van der Waals surface area contributed by atoms with Crippen LogP contribution in [0.5, 0.6) is 0 Å². The van der Waals surface area contributed by atoms with Crippen LogP contribution in [-0.4, -0.2) is 7.05 Å². The highest BCUT2D eigenvalue weighted by Gasteiger charge is 2.10. The van der Waals surface area contributed by atoms with Crippen molar-refractivity contribution in [2.75, 3.05) is 7.05 Å². The highest BCUT2D eigenvalue weighted by Crippen LogP contribution is 2.21. The molecule has 1 nitrogen and oxygen atoms in total. The van der Waals surface area contributed by atoms with Crippen molar-refractivity contribution in [1.29, 1.82) is 0 Å². The first-order valence-corrected chi connectivity index (χ1v) is 6.74. The summed E-state index contributed by atoms with van der Waals surface area (Å²) in [5.74, 6) is -0.188. The summed E-state index contributed by atoms with van der Waals surface area (Å²) >= 11 is 5.90. The van der Waals surface area contributed by atoms with Crippen molar-refractivity contribution in [3.05, 3.63) is 70.5 Å². The molecule has 0 saturated heterocycles. The van der Waals surface area contributed by atoms with Crippen LogP contribution in [0.2, 0.25) is 5.02 Å². The summed E-state index contributed by atoms with van der Waals surface area (Å²) in [6.07, 6.45) is 1.49. The molecular weight excluding hydrogens is 261 g/mol. The van der Waals surface area contributed by atoms with E-state index in [1.165, 1.54) is 11.6 Å². The molecule has 100 valence electrons. The minimum Gasteiger partial charge on any atom is -0.313 e. The molecular formula is C16H17ClFN. The fourth-order valence-electron chi connectivity index (χ4n) is 2.20. The molecule has 0 aliphatic heterocycles. The molecule has 1 N–H and O–H groups in total. The van der Waals surface area contributed by atoms with Crippen LogP contribution in [0.3, 0.4) is 0 Å². The van der Waals surface area contributed by atoms with Gasteiger partial charge in [0.1, 0.15) is 5.82 Å². The zero-order valence-electron chi connectivity index (χ0n) is 10.9. The van der Waals surface area contributed by atoms with Gasteiger partial charge >= 0.3 is 0 Å². The first kappa shape index (κ1) is 14.0. The fourth-order valence-corrected chi connectivity index (χ4v) is 2.39. The minimum absolute atomic E-state index is 0.188. The van der Waals surface area contributed by atoms with Crippen molar-refractivity contribution in [2.24, 2.45) is 0 Å². The van der Waals surface area contributed by atoms with Gasteiger partial charge in [0.2, 0.25) is 0 Å². The zero-order chi connectivity index (χ0) is 13.7. The predicted molar refractivity (Wildman–Crippen MR) is 78.0 cm³/mol. The van der Waals surface area contributed by atoms with Crippen LogP contribution in [0.25, 0.3) is 0 Å². The quantitative estimate of drug-likeness (QED) is 0.856. The minimum atomic E-state index is -0.188. The van der Waals surface area contributed by atoms with Crippen LogP contribution in [-0.2, 0) is 6.42 Å². The maximum atomic E-state index is 13.6. The third kappa shape index (κ3) is 3.79. The van der Waals surface area contributed by atoms with Crippen LogP contribution >= 0.6 is 11.6 Å². The first-order valence-electron chi connectivity index (χ1n) is 6.37. The van der Waals surface area contributed by atoms with Gasteiger partial charge in [-0.15, -0.1) is 0 Å². The molecule has 0 bridgehead atoms. The Hall–Kier alpha value is -1.38. The molecule has 2 rings (SSSR count). The number of rotatable bonds is 5. The lowest BCUT2D eigenvalue weighted by Gasteiger charge is -2.16. The van der Waals surface area contributed by atoms with Crippen LogP contribution in [0.1, 0.15) is 23.6 Å². The molecule has 0 aliphatic rings. The second-order valence-electron chi connectivity index (χ2n) is 4.53. The predicted octanol–water partition coefficient (Wildman–Crippen LogP) is 4.37. The Kier molecular flexibility index (Phi) is 4.94. The van der Waals surface area contributed by atoms with Crippen molar-refractivity contribution in [3.8, 4) is 0 Å². The Labute approximate surface area is 118 Å². The van der Waals surface area contributed by atoms with Crippen molar-refractivity contribution in [1.82, 2.24) is 5.32 Å². The van der Waals surface area contributed by atoms with Crippen LogP contribution < -0.4 is 5.32 Å². The van der Waals surface area contributed by atoms with E-state index in [4.69, 9.17) is 11.6 Å². The zero-order valence-corrected chi connectivity index (χ0v) is 11.6. The van der Waals surface area contributed by atoms with E-state index < -0.39 is 0 Å². The van der Waals surface area contributed by atoms with E-state index in [1.807, 2.05) is 25.2 Å². The van der Waals surface area contributed by atoms with Crippen LogP contribution in [0.15, 0.2) is 48.5 Å². The number of hydrogen-bond acceptors (Lipinski definition) is 1. The van der Waals surface area contributed by atoms with Gasteiger partial charge in [0.05, 0.1) is 0 Å². The lowest BCUT2D eigenvalue weighted by Crippen LogP contribution is -2.17. The van der Waals surface area contributed by atoms with Crippen LogP contribution in [0.4, 0.5) is 4.39 Å². The highest BCUT2D eigenvalue weighted by atomic mass is 35.5. The van der Waals surface area contributed by atoms with Crippen molar-refractivity contribution < 1.29 is 4.39 Å². The summed E-state index contributed by atoms with van der Waals surface area (Å²) in [5, 5.41) is 3.85. The van der Waals surface area contributed by atoms with Crippen molar-refractivity contribution >= 4 is 11.6 Å². The van der Waals surface area contributed by atoms with Gasteiger partial charge in [0.15, 0.2) is 0 Å². The van der Waals surface area contributed by atoms with Crippen LogP contribution in [0, 0.1) is 5.82 Å². The second kappa shape index (κ2) is 6.69. The summed E-state index contributed by atoms with van der Waals surface area (Å²) in [4.78, 5) is 0. The number of hydrogen-bond donors (Lipinski definition) is 1. The Balaban J connectivity index is 2.06. The van der Waals surface area contributed by atoms with Gasteiger partial charge < -0.3 is 5.32 Å². The Morgan fingerprint density at radius 3 is 2.58 bits per heavy atom. The molecule has 1 unspecified atom stereocenters. The maximum absolute atomic E-state index is 13.6. The SMILES string of the molecule is CNC(CCc1cc(Cl)ccc1F)c1ccccc1. The normalized spacial score (nSPS) is 12.4. The van der Waals surface area contributed by atoms with Gasteiger partial charge in [-0.05, 0) is 49.2 Å². The average Bonchev–Trinajstić information content (AvgIpc) is 2.44. The van der Waals surface area contributed by atoms with Crippen molar-refractivity contribution in [3.63, 3.8) is 0 Å². The van der Waals surface area contributed by atoms with Gasteiger partial charge in [-0.2, -0.15) is 0 Å². The third-order valence-electron chi connectivity index (χ3n) is 3.26. The molecule has 0 aromatic heterocycles. The Morgan fingerprint density at radius 1 is 1.16 bits per heavy atom. The second-order valence-corrected chi connectivity index (χ2v) is 4.96. The smallest absolute Gasteiger partial charge is 0.126 e. The van der Waals surface area contributed by atoms with E-state index in [1.54, 1.807) is 12.1 Å². The van der Waals surface area contributed by atoms with Crippen molar-refractivity contribution in [2.45, 2.75) is 18.9 Å². The van der Waals surface area contributed by atoms with E-state index in [0.29, 0.717) is 17.0 Å². The Bertz CT molecular complexity index is 528. The molecule has 0 radical (unpaired) electrons. The van der Waals surface area contributed by atoms with Gasteiger partial charge in [-0.1, -0.05) is 41.9 Å². The summed E-state index contributed by atoms with van der Waals surface area (Å²) in [6.45, 7) is 0. The largest absolute Gasteiger partial charge is 0.313 e. The number of halogens is 2. The summed E-state index contributed by atoms with van der Waals surface area (Å²) in [6, 6.07) is 15.1. The monoisotopic (exact) mass is 277 g/mol. The molecule has 0 fully saturated rings. The molecule has 3 heteroatoms. The lowest BCUT2D eigenvalue weighted by molar-refractivity contribution is 0.534. The topological polar surface area (TPSA) is 12.0 Å². The molecule has 0 saturated carbocycles. The summed E-state index contributed by atoms with van der Waals surface area (Å²) in [7, 11) is 1.92. The van der Waals surface area contributed by atoms with E-state index in [-0.39, 0.29) is 11.9 Å². The lowest BCUT2D eigenvalue weighted by atomic mass is 9.99. The van der Waals surface area contributed by atoms with Gasteiger partial charge in [0.25, 0.3) is 0 Å². The molecule has 2 aromatic carbocycles. The van der Waals surface area contributed by atoms with E-state index in [9.17, 15) is 4.39 Å². The summed E-state index contributed by atoms with van der Waals surface area (Å²) in [5.41, 5.74) is 1.89. The molecule has 1 atom stereocenters. The van der Waals surface area contributed by atoms with E-state index in [2.05, 4.69) is 17.4 Å². The first-order chi connectivity index (χ1) is 9.20. The fraction of sp³-hybridized carbons (Fsp3) is 0.250. The molecule has 0 aliphatic carbocycles.